The molecule has 4 heterocycles. The number of amides is 4. The summed E-state index contributed by atoms with van der Waals surface area (Å²) in [7, 11) is 5.83. The summed E-state index contributed by atoms with van der Waals surface area (Å²) in [5.74, 6) is 2.05. The Hall–Kier alpha value is -6.32. The molecule has 4 atom stereocenters. The van der Waals surface area contributed by atoms with Gasteiger partial charge in [-0.25, -0.2) is 19.6 Å². The van der Waals surface area contributed by atoms with E-state index in [9.17, 15) is 19.2 Å². The van der Waals surface area contributed by atoms with E-state index < -0.39 is 24.3 Å². The Morgan fingerprint density at radius 2 is 1.02 bits per heavy atom. The van der Waals surface area contributed by atoms with Gasteiger partial charge in [0.1, 0.15) is 35.2 Å². The first kappa shape index (κ1) is 41.8. The van der Waals surface area contributed by atoms with Crippen LogP contribution in [-0.4, -0.2) is 107 Å². The fraction of sp³-hybridized carbons (Fsp3) is 0.455. The van der Waals surface area contributed by atoms with Gasteiger partial charge in [-0.15, -0.1) is 0 Å². The molecule has 2 aliphatic rings. The lowest BCUT2D eigenvalue weighted by Crippen LogP contribution is -2.51. The van der Waals surface area contributed by atoms with Crippen molar-refractivity contribution in [3.05, 3.63) is 60.2 Å². The number of alkyl carbamates (subject to hydrolysis) is 2. The summed E-state index contributed by atoms with van der Waals surface area (Å²) < 4.78 is 21.3. The summed E-state index contributed by atoms with van der Waals surface area (Å²) in [5, 5.41) is 5.41. The molecule has 2 fully saturated rings. The van der Waals surface area contributed by atoms with Gasteiger partial charge < -0.3 is 49.3 Å². The fourth-order valence-corrected chi connectivity index (χ4v) is 8.43. The molecule has 2 aromatic heterocycles. The number of hydrogen-bond donors (Lipinski definition) is 4. The number of ether oxygens (including phenoxy) is 4. The maximum atomic E-state index is 13.7. The van der Waals surface area contributed by atoms with Crippen molar-refractivity contribution in [3.63, 3.8) is 0 Å². The molecule has 16 heteroatoms. The predicted octanol–water partition coefficient (Wildman–Crippen LogP) is 6.88. The molecule has 0 bridgehead atoms. The molecule has 4 N–H and O–H groups in total. The summed E-state index contributed by atoms with van der Waals surface area (Å²) in [4.78, 5) is 72.0. The van der Waals surface area contributed by atoms with E-state index in [2.05, 4.69) is 20.6 Å². The number of likely N-dealkylation sites (tertiary alicyclic amines) is 2. The molecule has 0 radical (unpaired) electrons. The monoisotopic (exact) mass is 822 g/mol. The normalized spacial score (nSPS) is 17.6. The van der Waals surface area contributed by atoms with E-state index >= 15 is 0 Å². The van der Waals surface area contributed by atoms with Crippen molar-refractivity contribution < 1.29 is 38.1 Å². The number of H-pyrrole nitrogens is 2. The Morgan fingerprint density at radius 1 is 0.633 bits per heavy atom. The highest BCUT2D eigenvalue weighted by Gasteiger charge is 2.39. The zero-order valence-electron chi connectivity index (χ0n) is 35.4. The van der Waals surface area contributed by atoms with Gasteiger partial charge in [0, 0.05) is 36.3 Å². The van der Waals surface area contributed by atoms with Crippen molar-refractivity contribution in [3.8, 4) is 33.8 Å². The molecular weight excluding hydrogens is 769 g/mol. The number of carbonyl (C=O) groups is 4. The average molecular weight is 823 g/mol. The SMILES string of the molecule is COC(=O)N[C@H](C(=O)N1CCC[C@H]1c1nc2cc(OC)c(-c3ccc(-c4cc5[nH]c([C@@H]6CCCN6C(=O)[C@@H](NC(=O)OC)C(C)C)nc5cc4OC)cc3)cc2[nH]1)C(C)C. The van der Waals surface area contributed by atoms with Crippen LogP contribution < -0.4 is 20.1 Å². The number of hydrogen-bond acceptors (Lipinski definition) is 10. The second kappa shape index (κ2) is 17.5. The number of imidazole rings is 2. The van der Waals surface area contributed by atoms with Crippen LogP contribution >= 0.6 is 0 Å². The van der Waals surface area contributed by atoms with Crippen LogP contribution in [0.4, 0.5) is 9.59 Å². The number of rotatable bonds is 12. The van der Waals surface area contributed by atoms with Gasteiger partial charge in [-0.2, -0.15) is 0 Å². The molecule has 4 amide bonds. The summed E-state index contributed by atoms with van der Waals surface area (Å²) in [6, 6.07) is 14.0. The Balaban J connectivity index is 1.14. The van der Waals surface area contributed by atoms with Crippen LogP contribution in [0, 0.1) is 11.8 Å². The predicted molar refractivity (Wildman–Crippen MR) is 225 cm³/mol. The lowest BCUT2D eigenvalue weighted by Gasteiger charge is -2.29. The number of aromatic nitrogens is 4. The van der Waals surface area contributed by atoms with Crippen molar-refractivity contribution in [1.29, 1.82) is 0 Å². The van der Waals surface area contributed by atoms with Crippen LogP contribution in [-0.2, 0) is 19.1 Å². The van der Waals surface area contributed by atoms with E-state index in [0.717, 1.165) is 59.0 Å². The molecule has 2 aliphatic heterocycles. The van der Waals surface area contributed by atoms with Crippen molar-refractivity contribution in [2.24, 2.45) is 11.8 Å². The molecule has 3 aromatic carbocycles. The maximum Gasteiger partial charge on any atom is 0.407 e. The molecule has 0 spiro atoms. The van der Waals surface area contributed by atoms with Crippen molar-refractivity contribution >= 4 is 46.1 Å². The van der Waals surface area contributed by atoms with Gasteiger partial charge in [0.05, 0.1) is 62.6 Å². The molecule has 16 nitrogen and oxygen atoms in total. The van der Waals surface area contributed by atoms with Gasteiger partial charge in [0.25, 0.3) is 0 Å². The Kier molecular flexibility index (Phi) is 12.2. The summed E-state index contributed by atoms with van der Waals surface area (Å²) in [5.41, 5.74) is 6.64. The average Bonchev–Trinajstić information content (AvgIpc) is 4.08. The molecule has 0 saturated carbocycles. The van der Waals surface area contributed by atoms with Gasteiger partial charge in [0.15, 0.2) is 0 Å². The molecule has 2 saturated heterocycles. The molecule has 60 heavy (non-hydrogen) atoms. The maximum absolute atomic E-state index is 13.7. The minimum Gasteiger partial charge on any atom is -0.496 e. The summed E-state index contributed by atoms with van der Waals surface area (Å²) in [6.45, 7) is 8.69. The topological polar surface area (TPSA) is 193 Å². The fourth-order valence-electron chi connectivity index (χ4n) is 8.43. The number of nitrogens with one attached hydrogen (secondary N) is 4. The zero-order valence-corrected chi connectivity index (χ0v) is 35.4. The van der Waals surface area contributed by atoms with Crippen LogP contribution in [0.15, 0.2) is 48.5 Å². The standard InChI is InChI=1S/C44H54N8O8/c1-23(2)37(49-43(55)59-7)41(53)51-17-9-11-33(51)39-45-29-19-27(35(57-5)21-31(29)47-39)25-13-15-26(16-14-25)28-20-30-32(22-36(28)58-6)48-40(46-30)34-12-10-18-52(34)42(54)38(24(3)4)50-44(56)60-8/h13-16,19-24,33-34,37-38H,9-12,17-18H2,1-8H3,(H,45,47)(H,46,48)(H,49,55)(H,50,56)/t33-,34-,37-,38-/m0/s1. The first-order valence-electron chi connectivity index (χ1n) is 20.4. The number of aromatic amines is 2. The highest BCUT2D eigenvalue weighted by Crippen LogP contribution is 2.40. The van der Waals surface area contributed by atoms with E-state index in [1.807, 2.05) is 76.2 Å². The van der Waals surface area contributed by atoms with Gasteiger partial charge in [0.2, 0.25) is 11.8 Å². The van der Waals surface area contributed by atoms with Crippen LogP contribution in [0.1, 0.15) is 77.1 Å². The zero-order chi connectivity index (χ0) is 42.8. The van der Waals surface area contributed by atoms with E-state index in [4.69, 9.17) is 28.9 Å². The van der Waals surface area contributed by atoms with E-state index in [0.29, 0.717) is 47.3 Å². The largest absolute Gasteiger partial charge is 0.496 e. The number of fused-ring (bicyclic) bond motifs is 2. The first-order chi connectivity index (χ1) is 28.8. The van der Waals surface area contributed by atoms with Gasteiger partial charge >= 0.3 is 12.2 Å². The number of carbonyl (C=O) groups excluding carboxylic acids is 4. The minimum absolute atomic E-state index is 0.136. The smallest absolute Gasteiger partial charge is 0.407 e. The molecule has 0 aliphatic carbocycles. The third-order valence-electron chi connectivity index (χ3n) is 11.6. The van der Waals surface area contributed by atoms with Gasteiger partial charge in [-0.1, -0.05) is 52.0 Å². The number of benzene rings is 3. The van der Waals surface area contributed by atoms with E-state index in [1.165, 1.54) is 14.2 Å². The Morgan fingerprint density at radius 3 is 1.35 bits per heavy atom. The second-order valence-corrected chi connectivity index (χ2v) is 16.1. The molecule has 7 rings (SSSR count). The molecule has 5 aromatic rings. The molecule has 318 valence electrons. The van der Waals surface area contributed by atoms with Crippen molar-refractivity contribution in [2.75, 3.05) is 41.5 Å². The van der Waals surface area contributed by atoms with Gasteiger partial charge in [-0.05, 0) is 60.8 Å². The highest BCUT2D eigenvalue weighted by atomic mass is 16.5. The number of methoxy groups -OCH3 is 4. The van der Waals surface area contributed by atoms with Crippen LogP contribution in [0.3, 0.4) is 0 Å². The lowest BCUT2D eigenvalue weighted by molar-refractivity contribution is -0.136. The molecular formula is C44H54N8O8. The number of nitrogens with zero attached hydrogens (tertiary/aromatic N) is 4. The second-order valence-electron chi connectivity index (χ2n) is 16.1. The van der Waals surface area contributed by atoms with Crippen molar-refractivity contribution in [1.82, 2.24) is 40.4 Å². The highest BCUT2D eigenvalue weighted by molar-refractivity contribution is 5.91. The summed E-state index contributed by atoms with van der Waals surface area (Å²) in [6.07, 6.45) is 1.82. The van der Waals surface area contributed by atoms with Crippen LogP contribution in [0.2, 0.25) is 0 Å². The molecule has 0 unspecified atom stereocenters. The lowest BCUT2D eigenvalue weighted by atomic mass is 9.98. The minimum atomic E-state index is -0.724. The Labute approximate surface area is 348 Å². The quantitative estimate of drug-likeness (QED) is 0.103. The van der Waals surface area contributed by atoms with E-state index in [-0.39, 0.29) is 35.7 Å². The van der Waals surface area contributed by atoms with E-state index in [1.54, 1.807) is 24.0 Å². The van der Waals surface area contributed by atoms with Crippen molar-refractivity contribution in [2.45, 2.75) is 77.5 Å². The summed E-state index contributed by atoms with van der Waals surface area (Å²) >= 11 is 0. The van der Waals surface area contributed by atoms with Crippen LogP contribution in [0.25, 0.3) is 44.3 Å². The van der Waals surface area contributed by atoms with Gasteiger partial charge in [-0.3, -0.25) is 9.59 Å². The Bertz CT molecular complexity index is 2220. The third-order valence-corrected chi connectivity index (χ3v) is 11.6. The third kappa shape index (κ3) is 8.14. The first-order valence-corrected chi connectivity index (χ1v) is 20.4. The van der Waals surface area contributed by atoms with Crippen LogP contribution in [0.5, 0.6) is 11.5 Å².